The van der Waals surface area contributed by atoms with Gasteiger partial charge < -0.3 is 0 Å². The van der Waals surface area contributed by atoms with Gasteiger partial charge in [0.2, 0.25) is 0 Å². The molecule has 0 spiro atoms. The average molecular weight is 337 g/mol. The van der Waals surface area contributed by atoms with Crippen molar-refractivity contribution in [3.05, 3.63) is 41.0 Å². The summed E-state index contributed by atoms with van der Waals surface area (Å²) in [6.45, 7) is 14.6. The Balaban J connectivity index is 2.49. The van der Waals surface area contributed by atoms with Gasteiger partial charge in [-0.05, 0) is 0 Å². The topological polar surface area (TPSA) is 0 Å². The molecule has 0 N–H and O–H groups in total. The van der Waals surface area contributed by atoms with Gasteiger partial charge in [0.05, 0.1) is 0 Å². The molecule has 0 aliphatic heterocycles. The molecule has 18 heavy (non-hydrogen) atoms. The predicted octanol–water partition coefficient (Wildman–Crippen LogP) is 4.84. The second kappa shape index (κ2) is 5.59. The van der Waals surface area contributed by atoms with Crippen LogP contribution in [0.3, 0.4) is 0 Å². The molecule has 0 amide bonds. The van der Waals surface area contributed by atoms with Crippen molar-refractivity contribution in [3.63, 3.8) is 0 Å². The number of allylic oxidation sites excluding steroid dienone is 8. The Morgan fingerprint density at radius 2 is 1.22 bits per heavy atom. The second-order valence-corrected chi connectivity index (χ2v) is 24.8. The molecule has 0 aromatic carbocycles. The number of hydrogen-bond acceptors (Lipinski definition) is 0. The van der Waals surface area contributed by atoms with Gasteiger partial charge in [0, 0.05) is 0 Å². The van der Waals surface area contributed by atoms with Gasteiger partial charge in [-0.25, -0.2) is 0 Å². The molecule has 0 bridgehead atoms. The Morgan fingerprint density at radius 1 is 0.833 bits per heavy atom. The van der Waals surface area contributed by atoms with Crippen molar-refractivity contribution in [2.75, 3.05) is 0 Å². The number of rotatable bonds is 3. The summed E-state index contributed by atoms with van der Waals surface area (Å²) in [5.41, 5.74) is 6.65. The second-order valence-electron chi connectivity index (χ2n) is 6.06. The van der Waals surface area contributed by atoms with Crippen LogP contribution in [-0.4, -0.2) is 5.92 Å². The van der Waals surface area contributed by atoms with E-state index in [0.29, 0.717) is 0 Å². The first kappa shape index (κ1) is 14.5. The fraction of sp³-hybridized carbons (Fsp3) is 0.500. The third-order valence-electron chi connectivity index (χ3n) is 4.19. The van der Waals surface area contributed by atoms with E-state index < -0.39 is 26.8 Å². The van der Waals surface area contributed by atoms with E-state index >= 15 is 0 Å². The molecule has 2 heteroatoms. The van der Waals surface area contributed by atoms with E-state index in [0.717, 1.165) is 0 Å². The van der Waals surface area contributed by atoms with E-state index in [1.807, 2.05) is 6.56 Å². The van der Waals surface area contributed by atoms with Crippen molar-refractivity contribution >= 4 is 5.92 Å². The van der Waals surface area contributed by atoms with Crippen LogP contribution in [0, 0.1) is 0 Å². The van der Waals surface area contributed by atoms with Crippen LogP contribution in [-0.2, 0) is 20.9 Å². The molecule has 2 aliphatic rings. The van der Waals surface area contributed by atoms with Crippen LogP contribution in [0.5, 0.6) is 0 Å². The van der Waals surface area contributed by atoms with Crippen LogP contribution in [0.15, 0.2) is 41.0 Å². The summed E-state index contributed by atoms with van der Waals surface area (Å²) in [7, 11) is 0. The Hall–Kier alpha value is 0.0600. The van der Waals surface area contributed by atoms with E-state index in [1.165, 1.54) is 12.8 Å². The molecule has 0 aromatic rings. The molecule has 0 radical (unpaired) electrons. The standard InChI is InChI=1S/2C7H9.C2H7Si.Zr/c2*1-6-3-4-7(2)5-6;1-3-2;/h2*3H,4H2,1-2H3;3H,1-2H3;. The SMILES string of the molecule is CC1=CCC(C)=[C]1[Zr]([C]1=C(C)CC=C1C)[SiH](C)C. The van der Waals surface area contributed by atoms with Crippen LogP contribution < -0.4 is 0 Å². The summed E-state index contributed by atoms with van der Waals surface area (Å²) >= 11 is -1.56. The van der Waals surface area contributed by atoms with Gasteiger partial charge in [-0.1, -0.05) is 0 Å². The zero-order valence-corrected chi connectivity index (χ0v) is 16.3. The van der Waals surface area contributed by atoms with Gasteiger partial charge in [-0.15, -0.1) is 0 Å². The third-order valence-corrected chi connectivity index (χ3v) is 24.0. The molecule has 0 saturated heterocycles. The van der Waals surface area contributed by atoms with Crippen molar-refractivity contribution in [1.82, 2.24) is 0 Å². The Kier molecular flexibility index (Phi) is 4.49. The van der Waals surface area contributed by atoms with Crippen molar-refractivity contribution < 1.29 is 20.9 Å². The molecule has 0 unspecified atom stereocenters. The van der Waals surface area contributed by atoms with Gasteiger partial charge in [-0.2, -0.15) is 0 Å². The molecule has 0 atom stereocenters. The minimum absolute atomic E-state index is 0.546. The summed E-state index contributed by atoms with van der Waals surface area (Å²) in [6, 6.07) is 0. The Bertz CT molecular complexity index is 447. The number of hydrogen-bond donors (Lipinski definition) is 0. The van der Waals surface area contributed by atoms with E-state index in [9.17, 15) is 0 Å². The van der Waals surface area contributed by atoms with E-state index in [4.69, 9.17) is 0 Å². The van der Waals surface area contributed by atoms with E-state index in [1.54, 1.807) is 22.3 Å². The van der Waals surface area contributed by atoms with Crippen LogP contribution in [0.1, 0.15) is 40.5 Å². The Morgan fingerprint density at radius 3 is 1.44 bits per heavy atom. The van der Waals surface area contributed by atoms with Crippen LogP contribution in [0.2, 0.25) is 13.1 Å². The molecule has 2 rings (SSSR count). The van der Waals surface area contributed by atoms with Gasteiger partial charge in [0.25, 0.3) is 0 Å². The molecule has 2 aliphatic carbocycles. The van der Waals surface area contributed by atoms with Gasteiger partial charge in [0.15, 0.2) is 0 Å². The summed E-state index contributed by atoms with van der Waals surface area (Å²) in [6.07, 6.45) is 7.38. The first-order valence-corrected chi connectivity index (χ1v) is 16.6. The maximum atomic E-state index is 2.59. The predicted molar refractivity (Wildman–Crippen MR) is 81.0 cm³/mol. The average Bonchev–Trinajstić information content (AvgIpc) is 2.78. The molecular formula is C16H25SiZr. The maximum absolute atomic E-state index is 2.59. The first-order chi connectivity index (χ1) is 8.43. The molecule has 0 nitrogen and oxygen atoms in total. The monoisotopic (exact) mass is 335 g/mol. The van der Waals surface area contributed by atoms with E-state index in [2.05, 4.69) is 52.9 Å². The van der Waals surface area contributed by atoms with Crippen molar-refractivity contribution in [2.45, 2.75) is 53.6 Å². The summed E-state index contributed by atoms with van der Waals surface area (Å²) in [5, 5.41) is 0. The van der Waals surface area contributed by atoms with Crippen molar-refractivity contribution in [3.8, 4) is 0 Å². The zero-order valence-electron chi connectivity index (χ0n) is 12.6. The van der Waals surface area contributed by atoms with Gasteiger partial charge in [-0.3, -0.25) is 0 Å². The zero-order chi connectivity index (χ0) is 13.4. The summed E-state index contributed by atoms with van der Waals surface area (Å²) in [4.78, 5) is 0. The van der Waals surface area contributed by atoms with Gasteiger partial charge in [0.1, 0.15) is 0 Å². The van der Waals surface area contributed by atoms with E-state index in [-0.39, 0.29) is 0 Å². The quantitative estimate of drug-likeness (QED) is 0.647. The molecule has 0 saturated carbocycles. The molecule has 97 valence electrons. The van der Waals surface area contributed by atoms with Gasteiger partial charge >= 0.3 is 121 Å². The normalized spacial score (nSPS) is 19.9. The molecule has 0 aromatic heterocycles. The van der Waals surface area contributed by atoms with Crippen LogP contribution >= 0.6 is 0 Å². The molecule has 0 fully saturated rings. The molecule has 0 heterocycles. The van der Waals surface area contributed by atoms with Crippen molar-refractivity contribution in [1.29, 1.82) is 0 Å². The molecular weight excluding hydrogens is 311 g/mol. The Labute approximate surface area is 121 Å². The minimum atomic E-state index is -1.56. The van der Waals surface area contributed by atoms with Crippen LogP contribution in [0.4, 0.5) is 0 Å². The van der Waals surface area contributed by atoms with Crippen molar-refractivity contribution in [2.24, 2.45) is 0 Å². The first-order valence-electron chi connectivity index (χ1n) is 7.04. The third kappa shape index (κ3) is 2.51. The van der Waals surface area contributed by atoms with Crippen LogP contribution in [0.25, 0.3) is 0 Å². The fourth-order valence-electron chi connectivity index (χ4n) is 3.28. The summed E-state index contributed by atoms with van der Waals surface area (Å²) < 4.78 is 3.76. The fourth-order valence-corrected chi connectivity index (χ4v) is 24.5. The summed E-state index contributed by atoms with van der Waals surface area (Å²) in [5.74, 6) is -0.546.